The molecule has 2 nitrogen and oxygen atoms in total. The normalized spacial score (nSPS) is 11.2. The summed E-state index contributed by atoms with van der Waals surface area (Å²) in [5, 5.41) is 10.0. The molecule has 0 spiro atoms. The zero-order valence-corrected chi connectivity index (χ0v) is 17.2. The Morgan fingerprint density at radius 3 is 2.28 bits per heavy atom. The standard InChI is InChI=1S/C22H31NOS/c1-7-8-11-23(6)18-12-16(4)22(17(5)13-18)25-19-9-10-21(24)20(14-19)15(2)3/h9-10,12-15,24H,7-8,11H2,1-6H3. The fourth-order valence-corrected chi connectivity index (χ4v) is 4.01. The third-order valence-electron chi connectivity index (χ3n) is 4.57. The van der Waals surface area contributed by atoms with Crippen molar-refractivity contribution in [3.8, 4) is 5.75 Å². The topological polar surface area (TPSA) is 23.5 Å². The van der Waals surface area contributed by atoms with Crippen LogP contribution in [0.4, 0.5) is 5.69 Å². The molecule has 0 radical (unpaired) electrons. The number of phenolic OH excluding ortho intramolecular Hbond substituents is 1. The van der Waals surface area contributed by atoms with E-state index < -0.39 is 0 Å². The van der Waals surface area contributed by atoms with Gasteiger partial charge in [-0.15, -0.1) is 0 Å². The maximum atomic E-state index is 10.0. The zero-order chi connectivity index (χ0) is 18.6. The lowest BCUT2D eigenvalue weighted by atomic mass is 10.0. The fraction of sp³-hybridized carbons (Fsp3) is 0.455. The number of aryl methyl sites for hydroxylation is 2. The van der Waals surface area contributed by atoms with E-state index in [1.807, 2.05) is 12.1 Å². The van der Waals surface area contributed by atoms with Gasteiger partial charge in [-0.05, 0) is 73.2 Å². The van der Waals surface area contributed by atoms with Gasteiger partial charge in [-0.2, -0.15) is 0 Å². The predicted molar refractivity (Wildman–Crippen MR) is 110 cm³/mol. The molecule has 2 rings (SSSR count). The van der Waals surface area contributed by atoms with Crippen molar-refractivity contribution in [2.45, 2.75) is 63.2 Å². The third kappa shape index (κ3) is 4.94. The van der Waals surface area contributed by atoms with Crippen molar-refractivity contribution in [3.63, 3.8) is 0 Å². The Morgan fingerprint density at radius 2 is 1.72 bits per heavy atom. The second kappa shape index (κ2) is 8.66. The van der Waals surface area contributed by atoms with E-state index in [1.54, 1.807) is 11.8 Å². The van der Waals surface area contributed by atoms with E-state index in [2.05, 4.69) is 64.8 Å². The molecule has 0 aliphatic carbocycles. The molecule has 136 valence electrons. The van der Waals surface area contributed by atoms with E-state index in [4.69, 9.17) is 0 Å². The number of hydrogen-bond acceptors (Lipinski definition) is 3. The van der Waals surface area contributed by atoms with Crippen LogP contribution in [-0.4, -0.2) is 18.7 Å². The minimum absolute atomic E-state index is 0.317. The highest BCUT2D eigenvalue weighted by Gasteiger charge is 2.12. The lowest BCUT2D eigenvalue weighted by Gasteiger charge is -2.22. The molecule has 0 fully saturated rings. The second-order valence-corrected chi connectivity index (χ2v) is 8.24. The van der Waals surface area contributed by atoms with Gasteiger partial charge in [0.25, 0.3) is 0 Å². The molecule has 1 N–H and O–H groups in total. The van der Waals surface area contributed by atoms with E-state index >= 15 is 0 Å². The van der Waals surface area contributed by atoms with Crippen molar-refractivity contribution in [1.29, 1.82) is 0 Å². The maximum absolute atomic E-state index is 10.0. The average Bonchev–Trinajstić information content (AvgIpc) is 2.56. The monoisotopic (exact) mass is 357 g/mol. The van der Waals surface area contributed by atoms with Gasteiger partial charge in [0.2, 0.25) is 0 Å². The molecule has 25 heavy (non-hydrogen) atoms. The summed E-state index contributed by atoms with van der Waals surface area (Å²) < 4.78 is 0. The lowest BCUT2D eigenvalue weighted by Crippen LogP contribution is -2.18. The number of aromatic hydroxyl groups is 1. The Balaban J connectivity index is 2.27. The SMILES string of the molecule is CCCCN(C)c1cc(C)c(Sc2ccc(O)c(C(C)C)c2)c(C)c1. The van der Waals surface area contributed by atoms with E-state index in [9.17, 15) is 5.11 Å². The van der Waals surface area contributed by atoms with Crippen LogP contribution in [0.3, 0.4) is 0 Å². The third-order valence-corrected chi connectivity index (χ3v) is 5.91. The summed E-state index contributed by atoms with van der Waals surface area (Å²) in [6.07, 6.45) is 2.44. The Hall–Kier alpha value is -1.61. The quantitative estimate of drug-likeness (QED) is 0.610. The summed E-state index contributed by atoms with van der Waals surface area (Å²) in [6, 6.07) is 10.5. The van der Waals surface area contributed by atoms with Gasteiger partial charge in [0.05, 0.1) is 0 Å². The first-order chi connectivity index (χ1) is 11.8. The summed E-state index contributed by atoms with van der Waals surface area (Å²) in [5.74, 6) is 0.707. The molecule has 0 aliphatic heterocycles. The number of rotatable bonds is 7. The molecular weight excluding hydrogens is 326 g/mol. The van der Waals surface area contributed by atoms with Crippen molar-refractivity contribution in [1.82, 2.24) is 0 Å². The maximum Gasteiger partial charge on any atom is 0.119 e. The molecule has 0 heterocycles. The van der Waals surface area contributed by atoms with Crippen LogP contribution in [0, 0.1) is 13.8 Å². The first kappa shape index (κ1) is 19.7. The summed E-state index contributed by atoms with van der Waals surface area (Å²) >= 11 is 1.79. The highest BCUT2D eigenvalue weighted by molar-refractivity contribution is 7.99. The molecule has 0 bridgehead atoms. The number of benzene rings is 2. The predicted octanol–water partition coefficient (Wildman–Crippen LogP) is 6.52. The Morgan fingerprint density at radius 1 is 1.08 bits per heavy atom. The van der Waals surface area contributed by atoms with Crippen LogP contribution in [0.5, 0.6) is 5.75 Å². The van der Waals surface area contributed by atoms with E-state index in [0.29, 0.717) is 11.7 Å². The Labute approximate surface area is 157 Å². The molecular formula is C22H31NOS. The number of anilines is 1. The number of unbranched alkanes of at least 4 members (excludes halogenated alkanes) is 1. The van der Waals surface area contributed by atoms with Gasteiger partial charge < -0.3 is 10.0 Å². The molecule has 0 aliphatic rings. The van der Waals surface area contributed by atoms with Gasteiger partial charge in [0, 0.05) is 29.1 Å². The summed E-state index contributed by atoms with van der Waals surface area (Å²) in [6.45, 7) is 11.9. The molecule has 0 atom stereocenters. The fourth-order valence-electron chi connectivity index (χ4n) is 3.01. The van der Waals surface area contributed by atoms with Crippen molar-refractivity contribution in [2.75, 3.05) is 18.5 Å². The lowest BCUT2D eigenvalue weighted by molar-refractivity contribution is 0.464. The minimum atomic E-state index is 0.317. The number of hydrogen-bond donors (Lipinski definition) is 1. The highest BCUT2D eigenvalue weighted by Crippen LogP contribution is 2.38. The average molecular weight is 358 g/mol. The van der Waals surface area contributed by atoms with Crippen molar-refractivity contribution in [3.05, 3.63) is 47.0 Å². The first-order valence-corrected chi connectivity index (χ1v) is 9.98. The van der Waals surface area contributed by atoms with Gasteiger partial charge in [0.15, 0.2) is 0 Å². The molecule has 2 aromatic carbocycles. The van der Waals surface area contributed by atoms with Gasteiger partial charge in [-0.1, -0.05) is 39.0 Å². The number of phenols is 1. The van der Waals surface area contributed by atoms with E-state index in [1.165, 1.54) is 39.4 Å². The van der Waals surface area contributed by atoms with Gasteiger partial charge >= 0.3 is 0 Å². The van der Waals surface area contributed by atoms with Crippen LogP contribution < -0.4 is 4.90 Å². The molecule has 0 saturated carbocycles. The van der Waals surface area contributed by atoms with Crippen molar-refractivity contribution in [2.24, 2.45) is 0 Å². The molecule has 2 aromatic rings. The molecule has 3 heteroatoms. The van der Waals surface area contributed by atoms with Crippen LogP contribution in [0.2, 0.25) is 0 Å². The number of nitrogens with zero attached hydrogens (tertiary/aromatic N) is 1. The Bertz CT molecular complexity index is 701. The summed E-state index contributed by atoms with van der Waals surface area (Å²) in [5.41, 5.74) is 4.92. The van der Waals surface area contributed by atoms with Crippen LogP contribution in [-0.2, 0) is 0 Å². The van der Waals surface area contributed by atoms with E-state index in [0.717, 1.165) is 12.1 Å². The van der Waals surface area contributed by atoms with Crippen molar-refractivity contribution >= 4 is 17.4 Å². The van der Waals surface area contributed by atoms with Gasteiger partial charge in [0.1, 0.15) is 5.75 Å². The molecule has 0 amide bonds. The smallest absolute Gasteiger partial charge is 0.119 e. The van der Waals surface area contributed by atoms with Crippen LogP contribution in [0.15, 0.2) is 40.1 Å². The molecule has 0 unspecified atom stereocenters. The molecule has 0 saturated heterocycles. The van der Waals surface area contributed by atoms with Crippen LogP contribution in [0.1, 0.15) is 56.2 Å². The Kier molecular flexibility index (Phi) is 6.83. The summed E-state index contributed by atoms with van der Waals surface area (Å²) in [4.78, 5) is 4.84. The van der Waals surface area contributed by atoms with Gasteiger partial charge in [-0.3, -0.25) is 0 Å². The molecule has 0 aromatic heterocycles. The second-order valence-electron chi connectivity index (χ2n) is 7.16. The van der Waals surface area contributed by atoms with Gasteiger partial charge in [-0.25, -0.2) is 0 Å². The van der Waals surface area contributed by atoms with Crippen LogP contribution >= 0.6 is 11.8 Å². The zero-order valence-electron chi connectivity index (χ0n) is 16.4. The summed E-state index contributed by atoms with van der Waals surface area (Å²) in [7, 11) is 2.17. The first-order valence-electron chi connectivity index (χ1n) is 9.16. The highest BCUT2D eigenvalue weighted by atomic mass is 32.2. The van der Waals surface area contributed by atoms with Crippen LogP contribution in [0.25, 0.3) is 0 Å². The van der Waals surface area contributed by atoms with Crippen molar-refractivity contribution < 1.29 is 5.11 Å². The largest absolute Gasteiger partial charge is 0.508 e. The van der Waals surface area contributed by atoms with E-state index in [-0.39, 0.29) is 0 Å². The minimum Gasteiger partial charge on any atom is -0.508 e.